The molecule has 1 aromatic heterocycles. The minimum atomic E-state index is -0.0776. The van der Waals surface area contributed by atoms with Crippen molar-refractivity contribution < 1.29 is 4.79 Å². The van der Waals surface area contributed by atoms with E-state index in [2.05, 4.69) is 22.5 Å². The van der Waals surface area contributed by atoms with Gasteiger partial charge in [-0.05, 0) is 31.7 Å². The molecule has 2 unspecified atom stereocenters. The number of aromatic nitrogens is 1. The monoisotopic (exact) mass is 309 g/mol. The molecule has 1 aliphatic carbocycles. The molecule has 0 spiro atoms. The Labute approximate surface area is 131 Å². The van der Waals surface area contributed by atoms with E-state index in [1.807, 2.05) is 6.92 Å². The SMILES string of the molecule is CCNc1ncc(C(=O)NC2CCCCCC2C)cc1Cl. The summed E-state index contributed by atoms with van der Waals surface area (Å²) in [6, 6.07) is 1.94. The second kappa shape index (κ2) is 7.64. The predicted molar refractivity (Wildman–Crippen MR) is 86.9 cm³/mol. The molecule has 21 heavy (non-hydrogen) atoms. The van der Waals surface area contributed by atoms with Crippen LogP contribution in [0.1, 0.15) is 56.3 Å². The summed E-state index contributed by atoms with van der Waals surface area (Å²) >= 11 is 6.14. The number of carbonyl (C=O) groups is 1. The first-order chi connectivity index (χ1) is 10.1. The highest BCUT2D eigenvalue weighted by Gasteiger charge is 2.22. The lowest BCUT2D eigenvalue weighted by atomic mass is 9.97. The quantitative estimate of drug-likeness (QED) is 0.830. The zero-order valence-corrected chi connectivity index (χ0v) is 13.5. The van der Waals surface area contributed by atoms with E-state index in [9.17, 15) is 4.79 Å². The van der Waals surface area contributed by atoms with Gasteiger partial charge < -0.3 is 10.6 Å². The number of halogens is 1. The highest BCUT2D eigenvalue weighted by atomic mass is 35.5. The van der Waals surface area contributed by atoms with Crippen molar-refractivity contribution in [1.29, 1.82) is 0 Å². The normalized spacial score (nSPS) is 22.4. The first-order valence-electron chi connectivity index (χ1n) is 7.82. The molecule has 1 heterocycles. The molecule has 4 nitrogen and oxygen atoms in total. The molecule has 1 aromatic rings. The van der Waals surface area contributed by atoms with Crippen molar-refractivity contribution in [3.8, 4) is 0 Å². The molecule has 1 amide bonds. The third-order valence-electron chi connectivity index (χ3n) is 4.13. The lowest BCUT2D eigenvalue weighted by Crippen LogP contribution is -2.38. The Morgan fingerprint density at radius 3 is 2.86 bits per heavy atom. The molecule has 1 saturated carbocycles. The van der Waals surface area contributed by atoms with E-state index in [0.717, 1.165) is 13.0 Å². The Bertz CT molecular complexity index is 492. The van der Waals surface area contributed by atoms with Gasteiger partial charge >= 0.3 is 0 Å². The van der Waals surface area contributed by atoms with Crippen molar-refractivity contribution in [2.24, 2.45) is 5.92 Å². The van der Waals surface area contributed by atoms with E-state index < -0.39 is 0 Å². The Morgan fingerprint density at radius 1 is 1.38 bits per heavy atom. The molecule has 5 heteroatoms. The van der Waals surface area contributed by atoms with E-state index in [1.54, 1.807) is 12.3 Å². The van der Waals surface area contributed by atoms with Gasteiger partial charge in [-0.3, -0.25) is 4.79 Å². The standard InChI is InChI=1S/C16H24ClN3O/c1-3-18-15-13(17)9-12(10-19-15)16(21)20-14-8-6-4-5-7-11(14)2/h9-11,14H,3-8H2,1-2H3,(H,18,19)(H,20,21). The zero-order chi connectivity index (χ0) is 15.2. The van der Waals surface area contributed by atoms with Crippen LogP contribution in [0.15, 0.2) is 12.3 Å². The van der Waals surface area contributed by atoms with E-state index in [-0.39, 0.29) is 11.9 Å². The smallest absolute Gasteiger partial charge is 0.253 e. The maximum atomic E-state index is 12.4. The van der Waals surface area contributed by atoms with Crippen LogP contribution in [0.5, 0.6) is 0 Å². The fraction of sp³-hybridized carbons (Fsp3) is 0.625. The van der Waals surface area contributed by atoms with Crippen LogP contribution in [-0.4, -0.2) is 23.5 Å². The van der Waals surface area contributed by atoms with Crippen LogP contribution < -0.4 is 10.6 Å². The molecule has 2 atom stereocenters. The van der Waals surface area contributed by atoms with Gasteiger partial charge in [0.25, 0.3) is 5.91 Å². The molecule has 0 bridgehead atoms. The number of nitrogens with one attached hydrogen (secondary N) is 2. The minimum absolute atomic E-state index is 0.0776. The van der Waals surface area contributed by atoms with Gasteiger partial charge in [0.1, 0.15) is 5.82 Å². The molecular weight excluding hydrogens is 286 g/mol. The van der Waals surface area contributed by atoms with Crippen LogP contribution in [0.25, 0.3) is 0 Å². The van der Waals surface area contributed by atoms with Crippen molar-refractivity contribution in [2.75, 3.05) is 11.9 Å². The molecule has 0 saturated heterocycles. The lowest BCUT2D eigenvalue weighted by Gasteiger charge is -2.22. The summed E-state index contributed by atoms with van der Waals surface area (Å²) < 4.78 is 0. The van der Waals surface area contributed by atoms with Gasteiger partial charge in [0.15, 0.2) is 0 Å². The molecular formula is C16H24ClN3O. The first-order valence-corrected chi connectivity index (χ1v) is 8.20. The molecule has 2 rings (SSSR count). The Morgan fingerprint density at radius 2 is 2.14 bits per heavy atom. The molecule has 1 fully saturated rings. The van der Waals surface area contributed by atoms with Gasteiger partial charge in [-0.25, -0.2) is 4.98 Å². The second-order valence-electron chi connectivity index (χ2n) is 5.78. The number of hydrogen-bond acceptors (Lipinski definition) is 3. The summed E-state index contributed by atoms with van der Waals surface area (Å²) in [4.78, 5) is 16.6. The third kappa shape index (κ3) is 4.34. The van der Waals surface area contributed by atoms with Crippen LogP contribution in [0.4, 0.5) is 5.82 Å². The van der Waals surface area contributed by atoms with Gasteiger partial charge in [0.05, 0.1) is 10.6 Å². The highest BCUT2D eigenvalue weighted by Crippen LogP contribution is 2.24. The van der Waals surface area contributed by atoms with E-state index >= 15 is 0 Å². The molecule has 1 aliphatic rings. The summed E-state index contributed by atoms with van der Waals surface area (Å²) in [5, 5.41) is 6.69. The van der Waals surface area contributed by atoms with Crippen molar-refractivity contribution in [3.63, 3.8) is 0 Å². The van der Waals surface area contributed by atoms with Crippen molar-refractivity contribution >= 4 is 23.3 Å². The molecule has 0 aliphatic heterocycles. The summed E-state index contributed by atoms with van der Waals surface area (Å²) in [7, 11) is 0. The summed E-state index contributed by atoms with van der Waals surface area (Å²) in [5.74, 6) is 1.07. The summed E-state index contributed by atoms with van der Waals surface area (Å²) in [6.45, 7) is 4.94. The van der Waals surface area contributed by atoms with Crippen molar-refractivity contribution in [3.05, 3.63) is 22.8 Å². The number of anilines is 1. The number of pyridine rings is 1. The Balaban J connectivity index is 2.04. The van der Waals surface area contributed by atoms with E-state index in [4.69, 9.17) is 11.6 Å². The van der Waals surface area contributed by atoms with Crippen LogP contribution in [0, 0.1) is 5.92 Å². The van der Waals surface area contributed by atoms with Gasteiger partial charge in [0, 0.05) is 18.8 Å². The Kier molecular flexibility index (Phi) is 5.85. The lowest BCUT2D eigenvalue weighted by molar-refractivity contribution is 0.0921. The minimum Gasteiger partial charge on any atom is -0.369 e. The number of nitrogens with zero attached hydrogens (tertiary/aromatic N) is 1. The second-order valence-corrected chi connectivity index (χ2v) is 6.19. The molecule has 2 N–H and O–H groups in total. The van der Waals surface area contributed by atoms with Gasteiger partial charge in [-0.2, -0.15) is 0 Å². The summed E-state index contributed by atoms with van der Waals surface area (Å²) in [6.07, 6.45) is 7.54. The average molecular weight is 310 g/mol. The number of rotatable bonds is 4. The average Bonchev–Trinajstić information content (AvgIpc) is 2.66. The van der Waals surface area contributed by atoms with Gasteiger partial charge in [-0.15, -0.1) is 0 Å². The van der Waals surface area contributed by atoms with Gasteiger partial charge in [-0.1, -0.05) is 37.8 Å². The fourth-order valence-corrected chi connectivity index (χ4v) is 3.05. The molecule has 0 radical (unpaired) electrons. The van der Waals surface area contributed by atoms with E-state index in [1.165, 1.54) is 25.7 Å². The van der Waals surface area contributed by atoms with E-state index in [0.29, 0.717) is 22.3 Å². The molecule has 0 aromatic carbocycles. The third-order valence-corrected chi connectivity index (χ3v) is 4.41. The largest absolute Gasteiger partial charge is 0.369 e. The number of carbonyl (C=O) groups excluding carboxylic acids is 1. The maximum absolute atomic E-state index is 12.4. The summed E-state index contributed by atoms with van der Waals surface area (Å²) in [5.41, 5.74) is 0.526. The van der Waals surface area contributed by atoms with Gasteiger partial charge in [0.2, 0.25) is 0 Å². The van der Waals surface area contributed by atoms with Crippen LogP contribution in [-0.2, 0) is 0 Å². The topological polar surface area (TPSA) is 54.0 Å². The van der Waals surface area contributed by atoms with Crippen LogP contribution in [0.2, 0.25) is 5.02 Å². The Hall–Kier alpha value is -1.29. The first kappa shape index (κ1) is 16.1. The number of hydrogen-bond donors (Lipinski definition) is 2. The fourth-order valence-electron chi connectivity index (χ4n) is 2.82. The van der Waals surface area contributed by atoms with Crippen LogP contribution >= 0.6 is 11.6 Å². The zero-order valence-electron chi connectivity index (χ0n) is 12.8. The predicted octanol–water partition coefficient (Wildman–Crippen LogP) is 3.87. The molecule has 116 valence electrons. The van der Waals surface area contributed by atoms with Crippen LogP contribution in [0.3, 0.4) is 0 Å². The van der Waals surface area contributed by atoms with Crippen molar-refractivity contribution in [1.82, 2.24) is 10.3 Å². The maximum Gasteiger partial charge on any atom is 0.253 e. The highest BCUT2D eigenvalue weighted by molar-refractivity contribution is 6.33. The number of amides is 1. The van der Waals surface area contributed by atoms with Crippen molar-refractivity contribution in [2.45, 2.75) is 52.0 Å².